The van der Waals surface area contributed by atoms with E-state index in [2.05, 4.69) is 49.8 Å². The zero-order valence-corrected chi connectivity index (χ0v) is 24.0. The molecule has 1 spiro atoms. The van der Waals surface area contributed by atoms with Crippen molar-refractivity contribution in [1.29, 1.82) is 0 Å². The second-order valence-corrected chi connectivity index (χ2v) is 11.8. The molecule has 0 radical (unpaired) electrons. The molecule has 1 atom stereocenters. The van der Waals surface area contributed by atoms with Crippen LogP contribution in [0.1, 0.15) is 29.5 Å². The Bertz CT molecular complexity index is 1360. The number of nitrogens with one attached hydrogen (secondary N) is 2. The molecule has 1 saturated heterocycles. The van der Waals surface area contributed by atoms with Gasteiger partial charge in [0.25, 0.3) is 0 Å². The average Bonchev–Trinajstić information content (AvgIpc) is 3.16. The number of pyridine rings is 1. The van der Waals surface area contributed by atoms with Crippen molar-refractivity contribution in [3.63, 3.8) is 0 Å². The van der Waals surface area contributed by atoms with Crippen LogP contribution in [0.25, 0.3) is 6.08 Å². The van der Waals surface area contributed by atoms with Gasteiger partial charge in [-0.3, -0.25) is 0 Å². The number of carbonyl (C=O) groups excluding carboxylic acids is 1. The first kappa shape index (κ1) is 26.7. The van der Waals surface area contributed by atoms with Crippen LogP contribution < -0.4 is 15.1 Å². The van der Waals surface area contributed by atoms with E-state index in [0.717, 1.165) is 47.2 Å². The lowest BCUT2D eigenvalue weighted by Crippen LogP contribution is -2.60. The highest BCUT2D eigenvalue weighted by molar-refractivity contribution is 9.10. The van der Waals surface area contributed by atoms with E-state index in [0.29, 0.717) is 34.8 Å². The van der Waals surface area contributed by atoms with Gasteiger partial charge in [0, 0.05) is 28.8 Å². The second kappa shape index (κ2) is 11.0. The molecule has 5 nitrogen and oxygen atoms in total. The van der Waals surface area contributed by atoms with Crippen LogP contribution in [0.2, 0.25) is 15.2 Å². The quantitative estimate of drug-likeness (QED) is 0.231. The Morgan fingerprint density at radius 1 is 1.11 bits per heavy atom. The molecule has 2 aliphatic heterocycles. The molecule has 3 heterocycles. The highest BCUT2D eigenvalue weighted by Gasteiger charge is 2.57. The molecule has 5 rings (SSSR count). The van der Waals surface area contributed by atoms with E-state index in [4.69, 9.17) is 34.8 Å². The Morgan fingerprint density at radius 2 is 1.92 bits per heavy atom. The van der Waals surface area contributed by atoms with Crippen LogP contribution in [-0.4, -0.2) is 37.2 Å². The van der Waals surface area contributed by atoms with Crippen molar-refractivity contribution in [2.45, 2.75) is 24.8 Å². The second-order valence-electron chi connectivity index (χ2n) is 9.69. The van der Waals surface area contributed by atoms with Gasteiger partial charge in [-0.2, -0.15) is 0 Å². The molecule has 0 aliphatic carbocycles. The summed E-state index contributed by atoms with van der Waals surface area (Å²) < 4.78 is 1.25. The van der Waals surface area contributed by atoms with Crippen LogP contribution in [0.5, 0.6) is 0 Å². The van der Waals surface area contributed by atoms with Gasteiger partial charge in [-0.15, -0.1) is 0 Å². The molecule has 9 heteroatoms. The van der Waals surface area contributed by atoms with Crippen molar-refractivity contribution >= 4 is 68.5 Å². The predicted octanol–water partition coefficient (Wildman–Crippen LogP) is 7.37. The standard InChI is InChI=1S/C28H26BrCl3N4O/c29-21-4-1-5-24-26(21)28(9-12-33-13-10-28)18-36(24,14-2-3-19-6-7-22(30)23(31)15-19)27(37)35-17-20-8-11-34-25(32)16-20/h1-8,11,15-16,33H,9-10,12-14,17-18H2/p+1/b3-2+. The van der Waals surface area contributed by atoms with Crippen molar-refractivity contribution in [3.05, 3.63) is 97.2 Å². The largest absolute Gasteiger partial charge is 0.422 e. The maximum Gasteiger partial charge on any atom is 0.422 e. The summed E-state index contributed by atoms with van der Waals surface area (Å²) in [6, 6.07) is 15.4. The molecule has 37 heavy (non-hydrogen) atoms. The first-order chi connectivity index (χ1) is 17.8. The number of piperidine rings is 1. The minimum atomic E-state index is -0.0879. The molecule has 2 aromatic carbocycles. The predicted molar refractivity (Wildman–Crippen MR) is 156 cm³/mol. The summed E-state index contributed by atoms with van der Waals surface area (Å²) in [4.78, 5) is 18.2. The van der Waals surface area contributed by atoms with E-state index in [1.54, 1.807) is 18.3 Å². The van der Waals surface area contributed by atoms with Gasteiger partial charge in [0.2, 0.25) is 0 Å². The number of aromatic nitrogens is 1. The molecule has 0 saturated carbocycles. The lowest BCUT2D eigenvalue weighted by molar-refractivity contribution is 0.189. The minimum Gasteiger partial charge on any atom is -0.317 e. The van der Waals surface area contributed by atoms with E-state index < -0.39 is 0 Å². The zero-order chi connectivity index (χ0) is 26.0. The van der Waals surface area contributed by atoms with Crippen molar-refractivity contribution in [2.75, 3.05) is 26.2 Å². The van der Waals surface area contributed by atoms with Crippen LogP contribution in [0.15, 0.2) is 65.3 Å². The number of halogens is 4. The van der Waals surface area contributed by atoms with Crippen LogP contribution in [0.3, 0.4) is 0 Å². The molecule has 3 aromatic rings. The Labute approximate surface area is 240 Å². The Balaban J connectivity index is 1.52. The fourth-order valence-corrected chi connectivity index (χ4v) is 6.96. The van der Waals surface area contributed by atoms with Gasteiger partial charge in [-0.1, -0.05) is 68.9 Å². The molecule has 1 fully saturated rings. The van der Waals surface area contributed by atoms with E-state index in [-0.39, 0.29) is 15.9 Å². The van der Waals surface area contributed by atoms with Crippen molar-refractivity contribution in [1.82, 2.24) is 20.1 Å². The SMILES string of the molecule is O=C(NCc1ccnc(Cl)c1)[N+]1(C/C=C/c2ccc(Cl)c(Cl)c2)CC2(CCNCC2)c2c(Br)cccc21. The first-order valence-corrected chi connectivity index (χ1v) is 14.1. The van der Waals surface area contributed by atoms with Gasteiger partial charge in [-0.05, 0) is 73.5 Å². The lowest BCUT2D eigenvalue weighted by atomic mass is 9.75. The maximum atomic E-state index is 14.2. The van der Waals surface area contributed by atoms with Gasteiger partial charge in [0.1, 0.15) is 23.9 Å². The number of nitrogens with zero attached hydrogens (tertiary/aromatic N) is 2. The van der Waals surface area contributed by atoms with E-state index in [1.807, 2.05) is 30.3 Å². The molecule has 1 aromatic heterocycles. The van der Waals surface area contributed by atoms with Gasteiger partial charge >= 0.3 is 6.03 Å². The Hall–Kier alpha value is -1.93. The number of hydrogen-bond donors (Lipinski definition) is 2. The summed E-state index contributed by atoms with van der Waals surface area (Å²) >= 11 is 22.2. The molecule has 0 bridgehead atoms. The van der Waals surface area contributed by atoms with E-state index in [1.165, 1.54) is 5.56 Å². The van der Waals surface area contributed by atoms with Crippen LogP contribution in [0, 0.1) is 0 Å². The fourth-order valence-electron chi connectivity index (χ4n) is 5.68. The Morgan fingerprint density at radius 3 is 2.68 bits per heavy atom. The summed E-state index contributed by atoms with van der Waals surface area (Å²) in [6.45, 7) is 3.42. The molecular weight excluding hydrogens is 595 g/mol. The molecule has 2 N–H and O–H groups in total. The van der Waals surface area contributed by atoms with Gasteiger partial charge in [0.05, 0.1) is 15.5 Å². The molecule has 2 aliphatic rings. The number of carbonyl (C=O) groups is 1. The third-order valence-electron chi connectivity index (χ3n) is 7.41. The normalized spacial score (nSPS) is 20.3. The van der Waals surface area contributed by atoms with Gasteiger partial charge < -0.3 is 10.6 Å². The number of rotatable bonds is 5. The number of benzene rings is 2. The first-order valence-electron chi connectivity index (χ1n) is 12.2. The smallest absolute Gasteiger partial charge is 0.317 e. The number of urea groups is 1. The highest BCUT2D eigenvalue weighted by Crippen LogP contribution is 2.52. The van der Waals surface area contributed by atoms with Gasteiger partial charge in [0.15, 0.2) is 0 Å². The number of amides is 2. The third-order valence-corrected chi connectivity index (χ3v) is 9.02. The van der Waals surface area contributed by atoms with Crippen molar-refractivity contribution in [2.24, 2.45) is 0 Å². The monoisotopic (exact) mass is 619 g/mol. The van der Waals surface area contributed by atoms with Crippen LogP contribution in [0.4, 0.5) is 10.5 Å². The summed E-state index contributed by atoms with van der Waals surface area (Å²) in [5, 5.41) is 8.12. The minimum absolute atomic E-state index is 0.0403. The highest BCUT2D eigenvalue weighted by atomic mass is 79.9. The van der Waals surface area contributed by atoms with Crippen molar-refractivity contribution < 1.29 is 4.79 Å². The summed E-state index contributed by atoms with van der Waals surface area (Å²) in [5.74, 6) is 0. The fraction of sp³-hybridized carbons (Fsp3) is 0.286. The Kier molecular flexibility index (Phi) is 7.96. The molecule has 192 valence electrons. The van der Waals surface area contributed by atoms with Crippen LogP contribution >= 0.6 is 50.7 Å². The third kappa shape index (κ3) is 5.33. The topological polar surface area (TPSA) is 54.0 Å². The molecule has 1 unspecified atom stereocenters. The average molecular weight is 622 g/mol. The van der Waals surface area contributed by atoms with Crippen LogP contribution in [-0.2, 0) is 12.0 Å². The number of quaternary nitrogens is 1. The zero-order valence-electron chi connectivity index (χ0n) is 20.1. The summed E-state index contributed by atoms with van der Waals surface area (Å²) in [6.07, 6.45) is 7.68. The summed E-state index contributed by atoms with van der Waals surface area (Å²) in [7, 11) is 0. The molecule has 2 amide bonds. The summed E-state index contributed by atoms with van der Waals surface area (Å²) in [5.41, 5.74) is 4.05. The lowest BCUT2D eigenvalue weighted by Gasteiger charge is -2.36. The van der Waals surface area contributed by atoms with E-state index in [9.17, 15) is 4.79 Å². The number of hydrogen-bond acceptors (Lipinski definition) is 3. The van der Waals surface area contributed by atoms with Crippen molar-refractivity contribution in [3.8, 4) is 0 Å². The van der Waals surface area contributed by atoms with E-state index >= 15 is 0 Å². The van der Waals surface area contributed by atoms with Gasteiger partial charge in [-0.25, -0.2) is 14.3 Å². The maximum absolute atomic E-state index is 14.2. The molecular formula is C28H27BrCl3N4O+. The number of fused-ring (bicyclic) bond motifs is 2.